The Kier molecular flexibility index (Phi) is 3.84. The molecule has 3 nitrogen and oxygen atoms in total. The van der Waals surface area contributed by atoms with Gasteiger partial charge in [0, 0.05) is 17.3 Å². The Labute approximate surface area is 129 Å². The molecule has 0 bridgehead atoms. The molecule has 2 aromatic carbocycles. The van der Waals surface area contributed by atoms with Gasteiger partial charge in [-0.15, -0.1) is 0 Å². The van der Waals surface area contributed by atoms with Crippen molar-refractivity contribution in [3.8, 4) is 0 Å². The smallest absolute Gasteiger partial charge is 0.257 e. The van der Waals surface area contributed by atoms with E-state index in [1.165, 1.54) is 0 Å². The van der Waals surface area contributed by atoms with Gasteiger partial charge in [-0.05, 0) is 36.2 Å². The van der Waals surface area contributed by atoms with Gasteiger partial charge in [-0.2, -0.15) is 0 Å². The number of amides is 1. The van der Waals surface area contributed by atoms with E-state index in [0.29, 0.717) is 11.6 Å². The van der Waals surface area contributed by atoms with Gasteiger partial charge in [0.1, 0.15) is 6.17 Å². The van der Waals surface area contributed by atoms with Gasteiger partial charge in [0.15, 0.2) is 0 Å². The van der Waals surface area contributed by atoms with E-state index in [-0.39, 0.29) is 12.1 Å². The summed E-state index contributed by atoms with van der Waals surface area (Å²) in [5, 5.41) is 4.16. The lowest BCUT2D eigenvalue weighted by molar-refractivity contribution is 0.0683. The Morgan fingerprint density at radius 1 is 1.14 bits per heavy atom. The van der Waals surface area contributed by atoms with Crippen molar-refractivity contribution in [2.75, 3.05) is 11.9 Å². The van der Waals surface area contributed by atoms with Crippen LogP contribution in [0.3, 0.4) is 0 Å². The Morgan fingerprint density at radius 2 is 1.86 bits per heavy atom. The van der Waals surface area contributed by atoms with Gasteiger partial charge in [-0.3, -0.25) is 4.79 Å². The number of anilines is 1. The molecule has 21 heavy (non-hydrogen) atoms. The molecule has 1 aliphatic rings. The molecule has 0 fully saturated rings. The Morgan fingerprint density at radius 3 is 2.57 bits per heavy atom. The van der Waals surface area contributed by atoms with Crippen LogP contribution in [0.25, 0.3) is 0 Å². The van der Waals surface area contributed by atoms with Crippen LogP contribution in [0.5, 0.6) is 0 Å². The molecule has 0 saturated heterocycles. The van der Waals surface area contributed by atoms with Gasteiger partial charge < -0.3 is 10.2 Å². The van der Waals surface area contributed by atoms with Crippen molar-refractivity contribution < 1.29 is 4.79 Å². The van der Waals surface area contributed by atoms with E-state index in [1.54, 1.807) is 0 Å². The molecule has 0 aliphatic carbocycles. The minimum absolute atomic E-state index is 0.0751. The predicted octanol–water partition coefficient (Wildman–Crippen LogP) is 4.32. The summed E-state index contributed by atoms with van der Waals surface area (Å²) < 4.78 is 0. The molecule has 1 heterocycles. The highest BCUT2D eigenvalue weighted by Crippen LogP contribution is 2.33. The average Bonchev–Trinajstić information content (AvgIpc) is 2.51. The second kappa shape index (κ2) is 5.78. The van der Waals surface area contributed by atoms with Gasteiger partial charge in [-0.25, -0.2) is 0 Å². The topological polar surface area (TPSA) is 32.3 Å². The maximum Gasteiger partial charge on any atom is 0.257 e. The van der Waals surface area contributed by atoms with Crippen LogP contribution >= 0.6 is 11.6 Å². The van der Waals surface area contributed by atoms with E-state index < -0.39 is 0 Å². The summed E-state index contributed by atoms with van der Waals surface area (Å²) in [6, 6.07) is 15.3. The normalized spacial score (nSPS) is 17.3. The van der Waals surface area contributed by atoms with Crippen LogP contribution in [-0.2, 0) is 0 Å². The fourth-order valence-electron chi connectivity index (χ4n) is 2.67. The van der Waals surface area contributed by atoms with E-state index >= 15 is 0 Å². The van der Waals surface area contributed by atoms with Gasteiger partial charge in [0.05, 0.1) is 5.56 Å². The molecular weight excluding hydrogens is 284 g/mol. The minimum atomic E-state index is -0.149. The highest BCUT2D eigenvalue weighted by atomic mass is 35.5. The minimum Gasteiger partial charge on any atom is -0.361 e. The average molecular weight is 301 g/mol. The number of hydrogen-bond donors (Lipinski definition) is 1. The molecule has 1 aliphatic heterocycles. The van der Waals surface area contributed by atoms with Crippen LogP contribution in [0.1, 0.15) is 35.4 Å². The quantitative estimate of drug-likeness (QED) is 0.915. The lowest BCUT2D eigenvalue weighted by atomic mass is 10.0. The maximum absolute atomic E-state index is 12.7. The number of carbonyl (C=O) groups excluding carboxylic acids is 1. The zero-order chi connectivity index (χ0) is 14.8. The van der Waals surface area contributed by atoms with Crippen molar-refractivity contribution in [2.45, 2.75) is 19.5 Å². The van der Waals surface area contributed by atoms with Crippen molar-refractivity contribution in [2.24, 2.45) is 0 Å². The second-order valence-electron chi connectivity index (χ2n) is 5.14. The summed E-state index contributed by atoms with van der Waals surface area (Å²) in [7, 11) is 0. The van der Waals surface area contributed by atoms with E-state index in [9.17, 15) is 4.79 Å². The zero-order valence-corrected chi connectivity index (χ0v) is 12.6. The summed E-state index contributed by atoms with van der Waals surface area (Å²) in [4.78, 5) is 14.6. The first kappa shape index (κ1) is 14.0. The summed E-state index contributed by atoms with van der Waals surface area (Å²) in [6.45, 7) is 2.79. The van der Waals surface area contributed by atoms with E-state index in [2.05, 4.69) is 12.2 Å². The number of carbonyl (C=O) groups is 1. The number of rotatable bonds is 3. The zero-order valence-electron chi connectivity index (χ0n) is 11.8. The van der Waals surface area contributed by atoms with Crippen molar-refractivity contribution >= 4 is 23.2 Å². The van der Waals surface area contributed by atoms with Crippen LogP contribution in [-0.4, -0.2) is 17.4 Å². The molecule has 0 spiro atoms. The van der Waals surface area contributed by atoms with Crippen LogP contribution in [0.15, 0.2) is 48.5 Å². The standard InChI is InChI=1S/C17H17ClN2O/c1-2-11-20-16(12-7-9-13(18)10-8-12)19-15-6-4-3-5-14(15)17(20)21/h3-10,16,19H,2,11H2,1H3/t16-/m1/s1. The monoisotopic (exact) mass is 300 g/mol. The molecular formula is C17H17ClN2O. The molecule has 0 aromatic heterocycles. The van der Waals surface area contributed by atoms with Crippen LogP contribution in [0, 0.1) is 0 Å². The number of fused-ring (bicyclic) bond motifs is 1. The molecule has 1 amide bonds. The number of nitrogens with zero attached hydrogens (tertiary/aromatic N) is 1. The SMILES string of the molecule is CCCN1C(=O)c2ccccc2N[C@H]1c1ccc(Cl)cc1. The molecule has 3 rings (SSSR count). The first-order chi connectivity index (χ1) is 10.2. The highest BCUT2D eigenvalue weighted by molar-refractivity contribution is 6.30. The highest BCUT2D eigenvalue weighted by Gasteiger charge is 2.31. The predicted molar refractivity (Wildman–Crippen MR) is 85.6 cm³/mol. The molecule has 4 heteroatoms. The van der Waals surface area contributed by atoms with Crippen LogP contribution in [0.2, 0.25) is 5.02 Å². The van der Waals surface area contributed by atoms with E-state index in [1.807, 2.05) is 53.4 Å². The lowest BCUT2D eigenvalue weighted by Crippen LogP contribution is -2.43. The van der Waals surface area contributed by atoms with E-state index in [4.69, 9.17) is 11.6 Å². The van der Waals surface area contributed by atoms with Gasteiger partial charge in [0.2, 0.25) is 0 Å². The van der Waals surface area contributed by atoms with E-state index in [0.717, 1.165) is 23.2 Å². The summed E-state index contributed by atoms with van der Waals surface area (Å²) >= 11 is 5.96. The summed E-state index contributed by atoms with van der Waals surface area (Å²) in [5.41, 5.74) is 2.65. The maximum atomic E-state index is 12.7. The molecule has 1 N–H and O–H groups in total. The fourth-order valence-corrected chi connectivity index (χ4v) is 2.80. The Balaban J connectivity index is 2.02. The number of halogens is 1. The van der Waals surface area contributed by atoms with Gasteiger partial charge >= 0.3 is 0 Å². The first-order valence-electron chi connectivity index (χ1n) is 7.12. The summed E-state index contributed by atoms with van der Waals surface area (Å²) in [6.07, 6.45) is 0.768. The Bertz CT molecular complexity index is 654. The molecule has 108 valence electrons. The molecule has 0 saturated carbocycles. The lowest BCUT2D eigenvalue weighted by Gasteiger charge is -2.38. The molecule has 2 aromatic rings. The number of hydrogen-bond acceptors (Lipinski definition) is 2. The molecule has 0 unspecified atom stereocenters. The number of benzene rings is 2. The molecule has 0 radical (unpaired) electrons. The van der Waals surface area contributed by atoms with Crippen molar-refractivity contribution in [1.29, 1.82) is 0 Å². The van der Waals surface area contributed by atoms with Gasteiger partial charge in [0.25, 0.3) is 5.91 Å². The van der Waals surface area contributed by atoms with Crippen molar-refractivity contribution in [1.82, 2.24) is 4.90 Å². The van der Waals surface area contributed by atoms with Gasteiger partial charge in [-0.1, -0.05) is 42.8 Å². The third-order valence-electron chi connectivity index (χ3n) is 3.67. The third kappa shape index (κ3) is 2.61. The Hall–Kier alpha value is -2.00. The fraction of sp³-hybridized carbons (Fsp3) is 0.235. The van der Waals surface area contributed by atoms with Crippen molar-refractivity contribution in [3.63, 3.8) is 0 Å². The van der Waals surface area contributed by atoms with Crippen LogP contribution in [0.4, 0.5) is 5.69 Å². The first-order valence-corrected chi connectivity index (χ1v) is 7.50. The molecule has 1 atom stereocenters. The van der Waals surface area contributed by atoms with Crippen molar-refractivity contribution in [3.05, 3.63) is 64.7 Å². The largest absolute Gasteiger partial charge is 0.361 e. The summed E-state index contributed by atoms with van der Waals surface area (Å²) in [5.74, 6) is 0.0751. The number of nitrogens with one attached hydrogen (secondary N) is 1. The number of para-hydroxylation sites is 1. The third-order valence-corrected chi connectivity index (χ3v) is 3.92. The second-order valence-corrected chi connectivity index (χ2v) is 5.58. The van der Waals surface area contributed by atoms with Crippen LogP contribution < -0.4 is 5.32 Å².